The second kappa shape index (κ2) is 21.7. The van der Waals surface area contributed by atoms with Crippen LogP contribution in [0.3, 0.4) is 0 Å². The molecule has 1 radical (unpaired) electrons. The molecule has 125 valence electrons. The Morgan fingerprint density at radius 1 is 0.600 bits per heavy atom. The van der Waals surface area contributed by atoms with Crippen LogP contribution in [0, 0.1) is 0 Å². The van der Waals surface area contributed by atoms with Crippen molar-refractivity contribution in [3.63, 3.8) is 0 Å². The Hall–Kier alpha value is 0.440. The van der Waals surface area contributed by atoms with Crippen LogP contribution in [-0.2, 0) is 22.4 Å². The van der Waals surface area contributed by atoms with Gasteiger partial charge in [0.2, 0.25) is 0 Å². The molecular weight excluding hydrogens is 338 g/mol. The van der Waals surface area contributed by atoms with E-state index in [1.165, 1.54) is 89.9 Å². The second-order valence-corrected chi connectivity index (χ2v) is 5.73. The minimum atomic E-state index is 0. The van der Waals surface area contributed by atoms with E-state index in [9.17, 15) is 0 Å². The Morgan fingerprint density at radius 2 is 1.00 bits per heavy atom. The van der Waals surface area contributed by atoms with Crippen molar-refractivity contribution in [1.82, 2.24) is 0 Å². The van der Waals surface area contributed by atoms with E-state index >= 15 is 0 Å². The van der Waals surface area contributed by atoms with Crippen molar-refractivity contribution in [3.8, 4) is 0 Å². The fourth-order valence-electron chi connectivity index (χ4n) is 2.39. The zero-order chi connectivity index (χ0) is 14.0. The summed E-state index contributed by atoms with van der Waals surface area (Å²) in [7, 11) is 0. The van der Waals surface area contributed by atoms with Crippen molar-refractivity contribution in [2.45, 2.75) is 96.8 Å². The zero-order valence-corrected chi connectivity index (χ0v) is 15.1. The molecule has 0 heterocycles. The normalized spacial score (nSPS) is 10.9. The summed E-state index contributed by atoms with van der Waals surface area (Å²) in [5.41, 5.74) is 5.47. The summed E-state index contributed by atoms with van der Waals surface area (Å²) in [5.74, 6) is 0. The van der Waals surface area contributed by atoms with Gasteiger partial charge in [0, 0.05) is 22.4 Å². The number of hydrogen-bond donors (Lipinski definition) is 1. The van der Waals surface area contributed by atoms with Gasteiger partial charge < -0.3 is 5.73 Å². The fraction of sp³-hybridized carbons (Fsp3) is 0.889. The van der Waals surface area contributed by atoms with Gasteiger partial charge in [-0.15, -0.1) is 0 Å². The molecule has 0 aromatic rings. The molecule has 20 heavy (non-hydrogen) atoms. The first-order chi connectivity index (χ1) is 9.41. The summed E-state index contributed by atoms with van der Waals surface area (Å²) in [5, 5.41) is 0. The SMILES string of the molecule is CCCCCCCCC=CCCCCCCCCN.[Ag]. The second-order valence-electron chi connectivity index (χ2n) is 5.73. The third kappa shape index (κ3) is 20.8. The van der Waals surface area contributed by atoms with Crippen molar-refractivity contribution >= 4 is 0 Å². The van der Waals surface area contributed by atoms with Gasteiger partial charge in [0.05, 0.1) is 0 Å². The summed E-state index contributed by atoms with van der Waals surface area (Å²) in [6.07, 6.45) is 23.9. The van der Waals surface area contributed by atoms with Crippen LogP contribution in [0.1, 0.15) is 96.8 Å². The van der Waals surface area contributed by atoms with Gasteiger partial charge in [-0.25, -0.2) is 0 Å². The molecule has 0 aromatic heterocycles. The number of allylic oxidation sites excluding steroid dienone is 2. The van der Waals surface area contributed by atoms with E-state index < -0.39 is 0 Å². The van der Waals surface area contributed by atoms with Gasteiger partial charge in [0.25, 0.3) is 0 Å². The molecule has 0 aliphatic rings. The van der Waals surface area contributed by atoms with Crippen LogP contribution >= 0.6 is 0 Å². The number of unbranched alkanes of at least 4 members (excludes halogenated alkanes) is 12. The van der Waals surface area contributed by atoms with Gasteiger partial charge in [-0.05, 0) is 38.6 Å². The van der Waals surface area contributed by atoms with Crippen LogP contribution in [0.2, 0.25) is 0 Å². The fourth-order valence-corrected chi connectivity index (χ4v) is 2.39. The first-order valence-corrected chi connectivity index (χ1v) is 8.77. The molecular formula is C18H37AgN. The molecule has 2 N–H and O–H groups in total. The predicted octanol–water partition coefficient (Wildman–Crippen LogP) is 5.98. The minimum Gasteiger partial charge on any atom is -0.330 e. The molecule has 0 unspecified atom stereocenters. The van der Waals surface area contributed by atoms with E-state index in [1.54, 1.807) is 0 Å². The maximum atomic E-state index is 5.47. The monoisotopic (exact) mass is 374 g/mol. The van der Waals surface area contributed by atoms with Crippen LogP contribution in [-0.4, -0.2) is 6.54 Å². The third-order valence-electron chi connectivity index (χ3n) is 3.72. The van der Waals surface area contributed by atoms with Gasteiger partial charge in [0.15, 0.2) is 0 Å². The minimum absolute atomic E-state index is 0. The smallest absolute Gasteiger partial charge is 0 e. The Kier molecular flexibility index (Phi) is 24.7. The predicted molar refractivity (Wildman–Crippen MR) is 88.5 cm³/mol. The van der Waals surface area contributed by atoms with Gasteiger partial charge in [-0.1, -0.05) is 76.9 Å². The first kappa shape index (κ1) is 22.7. The van der Waals surface area contributed by atoms with E-state index in [4.69, 9.17) is 5.73 Å². The molecule has 0 atom stereocenters. The van der Waals surface area contributed by atoms with Gasteiger partial charge in [-0.3, -0.25) is 0 Å². The summed E-state index contributed by atoms with van der Waals surface area (Å²) < 4.78 is 0. The van der Waals surface area contributed by atoms with Crippen molar-refractivity contribution in [3.05, 3.63) is 12.2 Å². The van der Waals surface area contributed by atoms with Gasteiger partial charge >= 0.3 is 0 Å². The van der Waals surface area contributed by atoms with Crippen molar-refractivity contribution in [2.75, 3.05) is 6.54 Å². The van der Waals surface area contributed by atoms with E-state index in [0.29, 0.717) is 0 Å². The van der Waals surface area contributed by atoms with Crippen molar-refractivity contribution in [1.29, 1.82) is 0 Å². The van der Waals surface area contributed by atoms with E-state index in [0.717, 1.165) is 6.54 Å². The van der Waals surface area contributed by atoms with Crippen LogP contribution in [0.4, 0.5) is 0 Å². The molecule has 0 aliphatic carbocycles. The summed E-state index contributed by atoms with van der Waals surface area (Å²) in [6.45, 7) is 3.14. The zero-order valence-electron chi connectivity index (χ0n) is 13.6. The molecule has 0 bridgehead atoms. The van der Waals surface area contributed by atoms with E-state index in [1.807, 2.05) is 0 Å². The molecule has 0 rings (SSSR count). The molecule has 0 aliphatic heterocycles. The average Bonchev–Trinajstić information content (AvgIpc) is 2.43. The molecule has 0 amide bonds. The Morgan fingerprint density at radius 3 is 1.45 bits per heavy atom. The van der Waals surface area contributed by atoms with E-state index in [2.05, 4.69) is 19.1 Å². The molecule has 0 fully saturated rings. The molecule has 2 heteroatoms. The van der Waals surface area contributed by atoms with Gasteiger partial charge in [0.1, 0.15) is 0 Å². The summed E-state index contributed by atoms with van der Waals surface area (Å²) in [6, 6.07) is 0. The maximum Gasteiger partial charge on any atom is 0 e. The topological polar surface area (TPSA) is 26.0 Å². The molecule has 0 spiro atoms. The third-order valence-corrected chi connectivity index (χ3v) is 3.72. The molecule has 0 saturated carbocycles. The summed E-state index contributed by atoms with van der Waals surface area (Å²) in [4.78, 5) is 0. The molecule has 1 nitrogen and oxygen atoms in total. The summed E-state index contributed by atoms with van der Waals surface area (Å²) >= 11 is 0. The Balaban J connectivity index is 0. The number of hydrogen-bond acceptors (Lipinski definition) is 1. The number of rotatable bonds is 15. The van der Waals surface area contributed by atoms with Crippen LogP contribution in [0.15, 0.2) is 12.2 Å². The molecule has 0 saturated heterocycles. The van der Waals surface area contributed by atoms with E-state index in [-0.39, 0.29) is 22.4 Å². The number of nitrogens with two attached hydrogens (primary N) is 1. The van der Waals surface area contributed by atoms with Crippen LogP contribution in [0.5, 0.6) is 0 Å². The van der Waals surface area contributed by atoms with Crippen LogP contribution in [0.25, 0.3) is 0 Å². The van der Waals surface area contributed by atoms with Crippen LogP contribution < -0.4 is 5.73 Å². The Bertz CT molecular complexity index is 180. The first-order valence-electron chi connectivity index (χ1n) is 8.77. The maximum absolute atomic E-state index is 5.47. The largest absolute Gasteiger partial charge is 0.330 e. The van der Waals surface area contributed by atoms with Gasteiger partial charge in [-0.2, -0.15) is 0 Å². The Labute approximate surface area is 143 Å². The molecule has 0 aromatic carbocycles. The van der Waals surface area contributed by atoms with Crippen molar-refractivity contribution in [2.24, 2.45) is 5.73 Å². The van der Waals surface area contributed by atoms with Crippen molar-refractivity contribution < 1.29 is 22.4 Å². The standard InChI is InChI=1S/C18H37N.Ag/c1-2-3-4-5-6-7-8-9-10-11-12-13-14-15-16-17-18-19;/h9-10H,2-8,11-19H2,1H3;. The average molecular weight is 375 g/mol. The quantitative estimate of drug-likeness (QED) is 0.213.